The quantitative estimate of drug-likeness (QED) is 0.353. The number of thiocarbonyl (C=S) groups is 1. The van der Waals surface area contributed by atoms with Gasteiger partial charge >= 0.3 is 5.97 Å². The highest BCUT2D eigenvalue weighted by atomic mass is 32.1. The van der Waals surface area contributed by atoms with Crippen molar-refractivity contribution in [3.8, 4) is 0 Å². The van der Waals surface area contributed by atoms with Crippen LogP contribution in [0.15, 0.2) is 36.4 Å². The van der Waals surface area contributed by atoms with E-state index >= 15 is 0 Å². The largest absolute Gasteiger partial charge is 0.465 e. The lowest BCUT2D eigenvalue weighted by Crippen LogP contribution is -2.57. The Labute approximate surface area is 206 Å². The van der Waals surface area contributed by atoms with Crippen LogP contribution in [0.2, 0.25) is 0 Å². The second kappa shape index (κ2) is 9.38. The van der Waals surface area contributed by atoms with Gasteiger partial charge in [0.15, 0.2) is 5.11 Å². The third-order valence-electron chi connectivity index (χ3n) is 8.18. The molecule has 4 saturated carbocycles. The van der Waals surface area contributed by atoms with Gasteiger partial charge in [0.2, 0.25) is 0 Å². The summed E-state index contributed by atoms with van der Waals surface area (Å²) in [5.74, 6) is 2.41. The first-order chi connectivity index (χ1) is 16.0. The number of anilines is 1. The third-order valence-corrected chi connectivity index (χ3v) is 9.45. The molecule has 1 heterocycles. The van der Waals surface area contributed by atoms with Crippen LogP contribution < -0.4 is 10.6 Å². The van der Waals surface area contributed by atoms with Gasteiger partial charge in [-0.3, -0.25) is 0 Å². The van der Waals surface area contributed by atoms with Gasteiger partial charge in [0.05, 0.1) is 12.7 Å². The lowest BCUT2D eigenvalue weighted by atomic mass is 9.47. The molecule has 2 aromatic rings. The van der Waals surface area contributed by atoms with Crippen molar-refractivity contribution in [3.05, 3.63) is 52.4 Å². The van der Waals surface area contributed by atoms with Gasteiger partial charge in [0.25, 0.3) is 0 Å². The van der Waals surface area contributed by atoms with E-state index < -0.39 is 0 Å². The summed E-state index contributed by atoms with van der Waals surface area (Å²) < 4.78 is 5.05. The molecule has 4 nitrogen and oxygen atoms in total. The molecule has 1 atom stereocenters. The number of ether oxygens (including phenoxy) is 1. The molecule has 2 N–H and O–H groups in total. The number of hydrogen-bond acceptors (Lipinski definition) is 4. The Hall–Kier alpha value is -1.92. The van der Waals surface area contributed by atoms with Crippen molar-refractivity contribution in [2.24, 2.45) is 23.2 Å². The minimum Gasteiger partial charge on any atom is -0.465 e. The van der Waals surface area contributed by atoms with Gasteiger partial charge in [-0.25, -0.2) is 4.79 Å². The molecule has 4 fully saturated rings. The fourth-order valence-corrected chi connectivity index (χ4v) is 8.66. The van der Waals surface area contributed by atoms with Gasteiger partial charge in [-0.1, -0.05) is 37.3 Å². The van der Waals surface area contributed by atoms with Crippen LogP contribution in [0.25, 0.3) is 0 Å². The summed E-state index contributed by atoms with van der Waals surface area (Å²) in [6.45, 7) is 2.28. The van der Waals surface area contributed by atoms with E-state index in [1.165, 1.54) is 51.2 Å². The van der Waals surface area contributed by atoms with Crippen molar-refractivity contribution in [1.29, 1.82) is 0 Å². The molecule has 0 spiro atoms. The predicted molar refractivity (Wildman–Crippen MR) is 139 cm³/mol. The molecule has 0 aliphatic heterocycles. The zero-order valence-electron chi connectivity index (χ0n) is 19.6. The smallest absolute Gasteiger partial charge is 0.340 e. The van der Waals surface area contributed by atoms with Crippen LogP contribution in [0.3, 0.4) is 0 Å². The molecule has 6 heteroatoms. The topological polar surface area (TPSA) is 50.4 Å². The van der Waals surface area contributed by atoms with Crippen molar-refractivity contribution in [2.45, 2.75) is 64.3 Å². The second-order valence-electron chi connectivity index (χ2n) is 10.4. The Kier molecular flexibility index (Phi) is 6.49. The van der Waals surface area contributed by atoms with E-state index in [1.807, 2.05) is 24.3 Å². The normalized spacial score (nSPS) is 28.4. The number of nitrogens with one attached hydrogen (secondary N) is 2. The van der Waals surface area contributed by atoms with Crippen LogP contribution in [0.4, 0.5) is 5.00 Å². The van der Waals surface area contributed by atoms with Crippen LogP contribution in [0.1, 0.15) is 72.7 Å². The highest BCUT2D eigenvalue weighted by Gasteiger charge is 2.53. The van der Waals surface area contributed by atoms with Crippen LogP contribution in [0.5, 0.6) is 0 Å². The molecular formula is C27H34N2O2S2. The van der Waals surface area contributed by atoms with E-state index in [0.29, 0.717) is 22.1 Å². The van der Waals surface area contributed by atoms with Gasteiger partial charge in [-0.2, -0.15) is 0 Å². The highest BCUT2D eigenvalue weighted by Crippen LogP contribution is 2.61. The summed E-state index contributed by atoms with van der Waals surface area (Å²) in [5.41, 5.74) is 2.16. The fraction of sp³-hybridized carbons (Fsp3) is 0.556. The van der Waals surface area contributed by atoms with E-state index in [0.717, 1.165) is 40.5 Å². The minimum atomic E-state index is -0.330. The molecule has 4 bridgehead atoms. The number of carbonyl (C=O) groups is 1. The van der Waals surface area contributed by atoms with E-state index in [4.69, 9.17) is 17.0 Å². The fourth-order valence-electron chi connectivity index (χ4n) is 7.27. The van der Waals surface area contributed by atoms with Gasteiger partial charge < -0.3 is 15.4 Å². The van der Waals surface area contributed by atoms with Crippen LogP contribution in [-0.2, 0) is 11.2 Å². The first kappa shape index (κ1) is 22.9. The first-order valence-corrected chi connectivity index (χ1v) is 13.5. The van der Waals surface area contributed by atoms with E-state index in [9.17, 15) is 4.79 Å². The molecule has 1 aromatic heterocycles. The number of thiophene rings is 1. The number of methoxy groups -OCH3 is 1. The van der Waals surface area contributed by atoms with Crippen molar-refractivity contribution >= 4 is 39.6 Å². The minimum absolute atomic E-state index is 0.330. The van der Waals surface area contributed by atoms with E-state index in [1.54, 1.807) is 11.3 Å². The van der Waals surface area contributed by atoms with Gasteiger partial charge in [-0.15, -0.1) is 11.3 Å². The average Bonchev–Trinajstić information content (AvgIpc) is 3.18. The number of rotatable bonds is 7. The second-order valence-corrected chi connectivity index (χ2v) is 12.0. The SMILES string of the molecule is CCC(NC(=S)Nc1sc(Cc2ccccc2)cc1C(=O)OC)C12CC3CC(CC(C3)C1)C2. The number of esters is 1. The van der Waals surface area contributed by atoms with Gasteiger partial charge in [0.1, 0.15) is 5.00 Å². The summed E-state index contributed by atoms with van der Waals surface area (Å²) in [4.78, 5) is 13.6. The summed E-state index contributed by atoms with van der Waals surface area (Å²) in [5, 5.41) is 8.45. The molecule has 4 aliphatic rings. The van der Waals surface area contributed by atoms with Crippen molar-refractivity contribution in [1.82, 2.24) is 5.32 Å². The van der Waals surface area contributed by atoms with Crippen LogP contribution in [0, 0.1) is 23.2 Å². The molecule has 6 rings (SSSR count). The highest BCUT2D eigenvalue weighted by molar-refractivity contribution is 7.80. The van der Waals surface area contributed by atoms with Crippen LogP contribution in [-0.4, -0.2) is 24.2 Å². The Bertz CT molecular complexity index is 981. The first-order valence-electron chi connectivity index (χ1n) is 12.3. The van der Waals surface area contributed by atoms with Gasteiger partial charge in [-0.05, 0) is 92.0 Å². The molecule has 0 saturated heterocycles. The zero-order valence-corrected chi connectivity index (χ0v) is 21.2. The average molecular weight is 483 g/mol. The predicted octanol–water partition coefficient (Wildman–Crippen LogP) is 6.41. The Morgan fingerprint density at radius 2 is 1.79 bits per heavy atom. The lowest BCUT2D eigenvalue weighted by molar-refractivity contribution is -0.0710. The maximum atomic E-state index is 12.5. The van der Waals surface area contributed by atoms with Crippen molar-refractivity contribution in [2.75, 3.05) is 12.4 Å². The Morgan fingerprint density at radius 3 is 2.36 bits per heavy atom. The van der Waals surface area contributed by atoms with Gasteiger partial charge in [0, 0.05) is 17.3 Å². The lowest BCUT2D eigenvalue weighted by Gasteiger charge is -2.59. The standard InChI is InChI=1S/C27H34N2O2S2/c1-3-23(27-14-18-9-19(15-27)11-20(10-18)16-27)28-26(32)29-24-22(25(30)31-2)13-21(33-24)12-17-7-5-4-6-8-17/h4-8,13,18-20,23H,3,9-12,14-16H2,1-2H3,(H2,28,29,32). The molecule has 0 radical (unpaired) electrons. The van der Waals surface area contributed by atoms with E-state index in [-0.39, 0.29) is 5.97 Å². The molecular weight excluding hydrogens is 448 g/mol. The summed E-state index contributed by atoms with van der Waals surface area (Å²) >= 11 is 7.37. The van der Waals surface area contributed by atoms with E-state index in [2.05, 4.69) is 29.7 Å². The Balaban J connectivity index is 1.31. The molecule has 1 aromatic carbocycles. The molecule has 1 unspecified atom stereocenters. The van der Waals surface area contributed by atoms with Crippen molar-refractivity contribution < 1.29 is 9.53 Å². The van der Waals surface area contributed by atoms with Crippen LogP contribution >= 0.6 is 23.6 Å². The maximum absolute atomic E-state index is 12.5. The summed E-state index contributed by atoms with van der Waals surface area (Å²) in [7, 11) is 1.43. The molecule has 0 amide bonds. The monoisotopic (exact) mass is 482 g/mol. The molecule has 33 heavy (non-hydrogen) atoms. The number of hydrogen-bond donors (Lipinski definition) is 2. The number of benzene rings is 1. The molecule has 4 aliphatic carbocycles. The Morgan fingerprint density at radius 1 is 1.15 bits per heavy atom. The van der Waals surface area contributed by atoms with Crippen molar-refractivity contribution in [3.63, 3.8) is 0 Å². The summed E-state index contributed by atoms with van der Waals surface area (Å²) in [6, 6.07) is 12.6. The maximum Gasteiger partial charge on any atom is 0.340 e. The molecule has 176 valence electrons. The zero-order chi connectivity index (χ0) is 23.0. The third kappa shape index (κ3) is 4.69. The number of carbonyl (C=O) groups excluding carboxylic acids is 1. The summed E-state index contributed by atoms with van der Waals surface area (Å²) in [6.07, 6.45) is 10.2.